The molecule has 0 radical (unpaired) electrons. The molecule has 0 unspecified atom stereocenters. The van der Waals surface area contributed by atoms with E-state index in [2.05, 4.69) is 20.1 Å². The average Bonchev–Trinajstić information content (AvgIpc) is 3.72. The minimum Gasteiger partial charge on any atom is -0.481 e. The van der Waals surface area contributed by atoms with Crippen LogP contribution in [0.1, 0.15) is 31.2 Å². The van der Waals surface area contributed by atoms with Crippen LogP contribution in [0.3, 0.4) is 0 Å². The Morgan fingerprint density at radius 2 is 1.58 bits per heavy atom. The van der Waals surface area contributed by atoms with Gasteiger partial charge in [-0.05, 0) is 30.7 Å². The molecular weight excluding hydrogens is 765 g/mol. The number of pyridine rings is 1. The molecule has 55 heavy (non-hydrogen) atoms. The van der Waals surface area contributed by atoms with Gasteiger partial charge in [-0.1, -0.05) is 48.5 Å². The molecule has 7 aromatic rings. The number of thiazole rings is 1. The van der Waals surface area contributed by atoms with Crippen molar-refractivity contribution in [1.29, 1.82) is 0 Å². The van der Waals surface area contributed by atoms with Crippen molar-refractivity contribution in [3.8, 4) is 11.3 Å². The lowest BCUT2D eigenvalue weighted by atomic mass is 10.1. The van der Waals surface area contributed by atoms with E-state index < -0.39 is 49.9 Å². The highest BCUT2D eigenvalue weighted by atomic mass is 32.2. The zero-order chi connectivity index (χ0) is 40.4. The number of carboxylic acid groups (broad SMARTS) is 3. The molecule has 0 saturated carbocycles. The summed E-state index contributed by atoms with van der Waals surface area (Å²) in [5.74, 6) is -3.03. The van der Waals surface area contributed by atoms with Crippen LogP contribution in [0.2, 0.25) is 0 Å². The number of anilines is 1. The molecule has 7 rings (SSSR count). The standard InChI is InChI=1S/C11H10N2O2S.C10H8N2O3.C9H7NO2.C3H3N3O5S/c12-11-13-10(7-4-2-1-3-5-7)8(16-11)6-9(14)15;1-6-2-3-12-8(4-6)11-5-7(9(12)13)10(14)15;11-9(12)7-5-10-8-4-2-1-3-6(7)8;7-1-2(12(9,10)11)5-6-3(8)4-1/h1-5H,6H2,(H2,12,13)(H,14,15);2-5H,1H3,(H,14,15);1-5,10H,(H,11,12);(H,9,10,11)(H2,4,6,7,8). The molecule has 22 heteroatoms. The topological polar surface area (TPSA) is 334 Å². The van der Waals surface area contributed by atoms with Crippen molar-refractivity contribution in [2.45, 2.75) is 18.4 Å². The maximum absolute atomic E-state index is 11.6. The molecule has 5 aromatic heterocycles. The van der Waals surface area contributed by atoms with Crippen molar-refractivity contribution in [3.63, 3.8) is 0 Å². The number of hydrogen-bond acceptors (Lipinski definition) is 13. The number of hydrogen-bond donors (Lipinski definition) is 8. The summed E-state index contributed by atoms with van der Waals surface area (Å²) in [7, 11) is -4.68. The number of carbonyl (C=O) groups is 3. The molecule has 0 aliphatic heterocycles. The Labute approximate surface area is 311 Å². The summed E-state index contributed by atoms with van der Waals surface area (Å²) in [5, 5.41) is 30.8. The lowest BCUT2D eigenvalue weighted by Gasteiger charge is -2.01. The number of aromatic amines is 3. The first kappa shape index (κ1) is 40.5. The molecule has 0 amide bonds. The molecule has 0 aliphatic rings. The van der Waals surface area contributed by atoms with Crippen molar-refractivity contribution in [3.05, 3.63) is 138 Å². The summed E-state index contributed by atoms with van der Waals surface area (Å²) in [4.78, 5) is 77.8. The predicted octanol–water partition coefficient (Wildman–Crippen LogP) is 2.29. The van der Waals surface area contributed by atoms with Gasteiger partial charge in [-0.25, -0.2) is 29.5 Å². The molecule has 9 N–H and O–H groups in total. The van der Waals surface area contributed by atoms with E-state index in [0.717, 1.165) is 28.2 Å². The van der Waals surface area contributed by atoms with Gasteiger partial charge in [0, 0.05) is 39.9 Å². The number of benzene rings is 2. The first-order valence-electron chi connectivity index (χ1n) is 15.2. The van der Waals surface area contributed by atoms with Crippen molar-refractivity contribution in [2.24, 2.45) is 0 Å². The number of carboxylic acids is 3. The van der Waals surface area contributed by atoms with Crippen LogP contribution in [0.5, 0.6) is 0 Å². The summed E-state index contributed by atoms with van der Waals surface area (Å²) < 4.78 is 30.2. The highest BCUT2D eigenvalue weighted by molar-refractivity contribution is 7.85. The van der Waals surface area contributed by atoms with Crippen molar-refractivity contribution in [2.75, 3.05) is 5.73 Å². The largest absolute Gasteiger partial charge is 0.481 e. The van der Waals surface area contributed by atoms with Gasteiger partial charge in [0.25, 0.3) is 16.1 Å². The first-order valence-corrected chi connectivity index (χ1v) is 17.4. The fourth-order valence-electron chi connectivity index (χ4n) is 4.53. The van der Waals surface area contributed by atoms with E-state index in [9.17, 15) is 37.2 Å². The Bertz CT molecular complexity index is 2810. The molecule has 0 saturated heterocycles. The van der Waals surface area contributed by atoms with Crippen LogP contribution in [0, 0.1) is 6.92 Å². The number of aromatic nitrogens is 7. The van der Waals surface area contributed by atoms with Crippen molar-refractivity contribution in [1.82, 2.24) is 34.5 Å². The maximum atomic E-state index is 11.6. The predicted molar refractivity (Wildman–Crippen MR) is 197 cm³/mol. The third-order valence-corrected chi connectivity index (χ3v) is 8.56. The molecule has 0 aliphatic carbocycles. The number of para-hydroxylation sites is 1. The Hall–Kier alpha value is -7.30. The van der Waals surface area contributed by atoms with Crippen LogP contribution in [0.4, 0.5) is 5.13 Å². The summed E-state index contributed by atoms with van der Waals surface area (Å²) >= 11 is 1.22. The van der Waals surface area contributed by atoms with Crippen LogP contribution in [-0.2, 0) is 21.3 Å². The van der Waals surface area contributed by atoms with Crippen LogP contribution in [0.25, 0.3) is 27.8 Å². The van der Waals surface area contributed by atoms with Gasteiger partial charge in [0.2, 0.25) is 0 Å². The summed E-state index contributed by atoms with van der Waals surface area (Å²) in [5.41, 5.74) is 6.67. The molecular formula is C33H28N8O12S2. The van der Waals surface area contributed by atoms with Crippen LogP contribution in [0.15, 0.2) is 105 Å². The lowest BCUT2D eigenvalue weighted by Crippen LogP contribution is -2.29. The second-order valence-electron chi connectivity index (χ2n) is 10.8. The Kier molecular flexibility index (Phi) is 12.9. The van der Waals surface area contributed by atoms with E-state index in [0.29, 0.717) is 26.9 Å². The number of aliphatic carboxylic acids is 1. The van der Waals surface area contributed by atoms with E-state index in [1.807, 2.05) is 55.5 Å². The van der Waals surface area contributed by atoms with E-state index in [4.69, 9.17) is 25.6 Å². The number of nitrogens with two attached hydrogens (primary N) is 1. The number of nitrogens with one attached hydrogen (secondary N) is 3. The van der Waals surface area contributed by atoms with Crippen LogP contribution in [-0.4, -0.2) is 80.7 Å². The summed E-state index contributed by atoms with van der Waals surface area (Å²) in [6.45, 7) is 1.87. The Balaban J connectivity index is 0.000000164. The number of aromatic carboxylic acids is 2. The zero-order valence-corrected chi connectivity index (χ0v) is 29.7. The third kappa shape index (κ3) is 10.6. The van der Waals surface area contributed by atoms with Gasteiger partial charge in [0.15, 0.2) is 5.13 Å². The molecule has 2 aromatic carbocycles. The first-order chi connectivity index (χ1) is 26.0. The quantitative estimate of drug-likeness (QED) is 0.112. The zero-order valence-electron chi connectivity index (χ0n) is 28.0. The fraction of sp³-hybridized carbons (Fsp3) is 0.0606. The second-order valence-corrected chi connectivity index (χ2v) is 13.3. The number of aryl methyl sites for hydroxylation is 1. The molecule has 0 spiro atoms. The SMILES string of the molecule is Cc1ccn2c(=O)c(C(=O)O)cnc2c1.Nc1nc(-c2ccccc2)c(CC(=O)O)s1.O=C(O)c1c[nH]c2ccccc12.O=c1[nH]nc(S(=O)(=O)O)c(=O)[nH]1. The molecule has 0 bridgehead atoms. The van der Waals surface area contributed by atoms with Gasteiger partial charge in [0.05, 0.1) is 17.7 Å². The number of H-pyrrole nitrogens is 3. The monoisotopic (exact) mass is 792 g/mol. The molecule has 0 fully saturated rings. The summed E-state index contributed by atoms with van der Waals surface area (Å²) in [6, 6.07) is 20.2. The fourth-order valence-corrected chi connectivity index (χ4v) is 5.82. The second kappa shape index (κ2) is 17.5. The maximum Gasteiger partial charge on any atom is 0.342 e. The van der Waals surface area contributed by atoms with Gasteiger partial charge < -0.3 is 26.0 Å². The van der Waals surface area contributed by atoms with Crippen LogP contribution < -0.4 is 22.5 Å². The minimum absolute atomic E-state index is 0.0426. The lowest BCUT2D eigenvalue weighted by molar-refractivity contribution is -0.136. The number of rotatable bonds is 6. The van der Waals surface area contributed by atoms with E-state index in [1.165, 1.54) is 28.1 Å². The smallest absolute Gasteiger partial charge is 0.342 e. The number of nitrogen functional groups attached to an aromatic ring is 1. The van der Waals surface area contributed by atoms with Gasteiger partial charge in [0.1, 0.15) is 11.2 Å². The highest BCUT2D eigenvalue weighted by Gasteiger charge is 2.17. The average molecular weight is 793 g/mol. The third-order valence-electron chi connectivity index (χ3n) is 6.91. The normalized spacial score (nSPS) is 10.6. The van der Waals surface area contributed by atoms with Gasteiger partial charge in [-0.2, -0.15) is 13.5 Å². The Morgan fingerprint density at radius 3 is 2.20 bits per heavy atom. The van der Waals surface area contributed by atoms with E-state index in [1.54, 1.807) is 28.3 Å². The number of fused-ring (bicyclic) bond motifs is 2. The summed E-state index contributed by atoms with van der Waals surface area (Å²) in [6.07, 6.45) is 4.07. The van der Waals surface area contributed by atoms with Crippen molar-refractivity contribution < 1.29 is 42.7 Å². The van der Waals surface area contributed by atoms with E-state index in [-0.39, 0.29) is 12.0 Å². The van der Waals surface area contributed by atoms with Gasteiger partial charge in [-0.15, -0.1) is 11.3 Å². The molecule has 20 nitrogen and oxygen atoms in total. The Morgan fingerprint density at radius 1 is 0.927 bits per heavy atom. The van der Waals surface area contributed by atoms with E-state index >= 15 is 0 Å². The highest BCUT2D eigenvalue weighted by Crippen LogP contribution is 2.29. The molecule has 0 atom stereocenters. The van der Waals surface area contributed by atoms with Gasteiger partial charge in [-0.3, -0.25) is 28.3 Å². The molecule has 284 valence electrons. The molecule has 5 heterocycles. The number of nitrogens with zero attached hydrogens (tertiary/aromatic N) is 4. The van der Waals surface area contributed by atoms with Crippen LogP contribution >= 0.6 is 11.3 Å². The van der Waals surface area contributed by atoms with Crippen molar-refractivity contribution >= 4 is 61.0 Å². The van der Waals surface area contributed by atoms with Gasteiger partial charge >= 0.3 is 33.7 Å². The minimum atomic E-state index is -4.68.